The number of hydrogen-bond acceptors (Lipinski definition) is 2. The first kappa shape index (κ1) is 16.9. The van der Waals surface area contributed by atoms with Crippen molar-refractivity contribution in [1.29, 1.82) is 0 Å². The molecular formula is C23H21N3O. The summed E-state index contributed by atoms with van der Waals surface area (Å²) in [4.78, 5) is 17.9. The van der Waals surface area contributed by atoms with E-state index in [0.717, 1.165) is 28.1 Å². The lowest BCUT2D eigenvalue weighted by atomic mass is 10.1. The van der Waals surface area contributed by atoms with E-state index in [1.165, 1.54) is 5.39 Å². The SMILES string of the molecule is CN(C)c1ccc(C(=O)Nc2ccc(-c3cc4ccccc4[nH]3)cc2)cc1. The zero-order valence-electron chi connectivity index (χ0n) is 15.4. The van der Waals surface area contributed by atoms with Crippen LogP contribution < -0.4 is 10.2 Å². The van der Waals surface area contributed by atoms with Gasteiger partial charge >= 0.3 is 0 Å². The van der Waals surface area contributed by atoms with Crippen LogP contribution in [0.2, 0.25) is 0 Å². The van der Waals surface area contributed by atoms with Gasteiger partial charge in [-0.05, 0) is 54.1 Å². The van der Waals surface area contributed by atoms with E-state index in [-0.39, 0.29) is 5.91 Å². The summed E-state index contributed by atoms with van der Waals surface area (Å²) in [5.74, 6) is -0.112. The third kappa shape index (κ3) is 3.55. The first-order valence-electron chi connectivity index (χ1n) is 8.87. The summed E-state index contributed by atoms with van der Waals surface area (Å²) in [6, 6.07) is 25.8. The highest BCUT2D eigenvalue weighted by atomic mass is 16.1. The van der Waals surface area contributed by atoms with E-state index >= 15 is 0 Å². The molecule has 0 aliphatic rings. The summed E-state index contributed by atoms with van der Waals surface area (Å²) in [5.41, 5.74) is 5.74. The Morgan fingerprint density at radius 3 is 2.26 bits per heavy atom. The number of H-pyrrole nitrogens is 1. The fraction of sp³-hybridized carbons (Fsp3) is 0.0870. The number of hydrogen-bond donors (Lipinski definition) is 2. The van der Waals surface area contributed by atoms with Crippen LogP contribution in [-0.4, -0.2) is 25.0 Å². The van der Waals surface area contributed by atoms with Crippen LogP contribution in [-0.2, 0) is 0 Å². The van der Waals surface area contributed by atoms with E-state index in [1.54, 1.807) is 0 Å². The fourth-order valence-corrected chi connectivity index (χ4v) is 3.08. The number of rotatable bonds is 4. The van der Waals surface area contributed by atoms with Crippen LogP contribution in [0.15, 0.2) is 78.9 Å². The molecule has 0 radical (unpaired) electrons. The summed E-state index contributed by atoms with van der Waals surface area (Å²) in [6.07, 6.45) is 0. The van der Waals surface area contributed by atoms with Gasteiger partial charge in [-0.15, -0.1) is 0 Å². The van der Waals surface area contributed by atoms with E-state index in [4.69, 9.17) is 0 Å². The molecule has 134 valence electrons. The molecule has 1 heterocycles. The van der Waals surface area contributed by atoms with E-state index in [1.807, 2.05) is 79.7 Å². The third-order valence-corrected chi connectivity index (χ3v) is 4.63. The monoisotopic (exact) mass is 355 g/mol. The minimum absolute atomic E-state index is 0.112. The van der Waals surface area contributed by atoms with Gasteiger partial charge in [0.1, 0.15) is 0 Å². The summed E-state index contributed by atoms with van der Waals surface area (Å²) < 4.78 is 0. The topological polar surface area (TPSA) is 48.1 Å². The van der Waals surface area contributed by atoms with E-state index in [9.17, 15) is 4.79 Å². The molecule has 4 nitrogen and oxygen atoms in total. The van der Waals surface area contributed by atoms with Gasteiger partial charge in [0.25, 0.3) is 5.91 Å². The molecule has 0 aliphatic heterocycles. The molecule has 0 atom stereocenters. The van der Waals surface area contributed by atoms with Crippen molar-refractivity contribution in [3.05, 3.63) is 84.4 Å². The number of nitrogens with one attached hydrogen (secondary N) is 2. The van der Waals surface area contributed by atoms with Gasteiger partial charge in [-0.1, -0.05) is 30.3 Å². The van der Waals surface area contributed by atoms with Crippen LogP contribution >= 0.6 is 0 Å². The maximum atomic E-state index is 12.4. The fourth-order valence-electron chi connectivity index (χ4n) is 3.08. The highest BCUT2D eigenvalue weighted by Crippen LogP contribution is 2.25. The van der Waals surface area contributed by atoms with E-state index in [0.29, 0.717) is 5.56 Å². The molecular weight excluding hydrogens is 334 g/mol. The second kappa shape index (κ2) is 7.00. The van der Waals surface area contributed by atoms with Gasteiger partial charge in [0.05, 0.1) is 0 Å². The molecule has 0 fully saturated rings. The Kier molecular flexibility index (Phi) is 4.38. The Bertz CT molecular complexity index is 1040. The Labute approximate surface area is 158 Å². The van der Waals surface area contributed by atoms with E-state index in [2.05, 4.69) is 28.5 Å². The zero-order chi connectivity index (χ0) is 18.8. The molecule has 1 aromatic heterocycles. The predicted molar refractivity (Wildman–Crippen MR) is 112 cm³/mol. The van der Waals surface area contributed by atoms with Crippen LogP contribution in [0.1, 0.15) is 10.4 Å². The summed E-state index contributed by atoms with van der Waals surface area (Å²) in [6.45, 7) is 0. The molecule has 1 amide bonds. The van der Waals surface area contributed by atoms with Crippen molar-refractivity contribution in [2.75, 3.05) is 24.3 Å². The van der Waals surface area contributed by atoms with Crippen molar-refractivity contribution in [2.24, 2.45) is 0 Å². The molecule has 2 N–H and O–H groups in total. The van der Waals surface area contributed by atoms with Gasteiger partial charge in [-0.2, -0.15) is 0 Å². The van der Waals surface area contributed by atoms with Gasteiger partial charge < -0.3 is 15.2 Å². The number of nitrogens with zero attached hydrogens (tertiary/aromatic N) is 1. The summed E-state index contributed by atoms with van der Waals surface area (Å²) >= 11 is 0. The lowest BCUT2D eigenvalue weighted by Gasteiger charge is -2.12. The van der Waals surface area contributed by atoms with Crippen molar-refractivity contribution in [2.45, 2.75) is 0 Å². The highest BCUT2D eigenvalue weighted by Gasteiger charge is 2.08. The number of benzene rings is 3. The van der Waals surface area contributed by atoms with Crippen LogP contribution in [0, 0.1) is 0 Å². The normalized spacial score (nSPS) is 10.7. The Morgan fingerprint density at radius 2 is 1.59 bits per heavy atom. The number of carbonyl (C=O) groups is 1. The minimum atomic E-state index is -0.112. The van der Waals surface area contributed by atoms with E-state index < -0.39 is 0 Å². The minimum Gasteiger partial charge on any atom is -0.378 e. The molecule has 4 rings (SSSR count). The van der Waals surface area contributed by atoms with Crippen LogP contribution in [0.3, 0.4) is 0 Å². The maximum Gasteiger partial charge on any atom is 0.255 e. The summed E-state index contributed by atoms with van der Waals surface area (Å²) in [5, 5.41) is 4.14. The smallest absolute Gasteiger partial charge is 0.255 e. The Morgan fingerprint density at radius 1 is 0.889 bits per heavy atom. The van der Waals surface area contributed by atoms with Crippen molar-refractivity contribution in [1.82, 2.24) is 4.98 Å². The summed E-state index contributed by atoms with van der Waals surface area (Å²) in [7, 11) is 3.95. The van der Waals surface area contributed by atoms with Crippen molar-refractivity contribution in [3.8, 4) is 11.3 Å². The average Bonchev–Trinajstić information content (AvgIpc) is 3.13. The lowest BCUT2D eigenvalue weighted by Crippen LogP contribution is -2.13. The molecule has 0 bridgehead atoms. The highest BCUT2D eigenvalue weighted by molar-refractivity contribution is 6.04. The average molecular weight is 355 g/mol. The molecule has 27 heavy (non-hydrogen) atoms. The Hall–Kier alpha value is -3.53. The second-order valence-corrected chi connectivity index (χ2v) is 6.74. The molecule has 4 heteroatoms. The van der Waals surface area contributed by atoms with Gasteiger partial charge in [0.2, 0.25) is 0 Å². The molecule has 0 spiro atoms. The number of aromatic nitrogens is 1. The first-order valence-corrected chi connectivity index (χ1v) is 8.87. The van der Waals surface area contributed by atoms with Crippen molar-refractivity contribution in [3.63, 3.8) is 0 Å². The zero-order valence-corrected chi connectivity index (χ0v) is 15.4. The number of aromatic amines is 1. The number of amides is 1. The molecule has 4 aromatic rings. The van der Waals surface area contributed by atoms with Crippen molar-refractivity contribution >= 4 is 28.2 Å². The van der Waals surface area contributed by atoms with Crippen LogP contribution in [0.4, 0.5) is 11.4 Å². The molecule has 0 unspecified atom stereocenters. The van der Waals surface area contributed by atoms with Gasteiger partial charge in [-0.3, -0.25) is 4.79 Å². The second-order valence-electron chi connectivity index (χ2n) is 6.74. The van der Waals surface area contributed by atoms with Gasteiger partial charge in [0.15, 0.2) is 0 Å². The Balaban J connectivity index is 1.49. The lowest BCUT2D eigenvalue weighted by molar-refractivity contribution is 0.102. The van der Waals surface area contributed by atoms with Gasteiger partial charge in [-0.25, -0.2) is 0 Å². The first-order chi connectivity index (χ1) is 13.1. The van der Waals surface area contributed by atoms with Crippen LogP contribution in [0.25, 0.3) is 22.2 Å². The standard InChI is InChI=1S/C23H21N3O/c1-26(2)20-13-9-17(10-14-20)23(27)24-19-11-7-16(8-12-19)22-15-18-5-3-4-6-21(18)25-22/h3-15,25H,1-2H3,(H,24,27). The number of para-hydroxylation sites is 1. The van der Waals surface area contributed by atoms with Crippen LogP contribution in [0.5, 0.6) is 0 Å². The molecule has 0 saturated heterocycles. The van der Waals surface area contributed by atoms with Crippen molar-refractivity contribution < 1.29 is 4.79 Å². The molecule has 3 aromatic carbocycles. The largest absolute Gasteiger partial charge is 0.378 e. The number of fused-ring (bicyclic) bond motifs is 1. The van der Waals surface area contributed by atoms with Gasteiger partial charge in [0, 0.05) is 47.6 Å². The third-order valence-electron chi connectivity index (χ3n) is 4.63. The molecule has 0 saturated carbocycles. The quantitative estimate of drug-likeness (QED) is 0.532. The maximum absolute atomic E-state index is 12.4. The predicted octanol–water partition coefficient (Wildman–Crippen LogP) is 5.15. The number of anilines is 2. The number of carbonyl (C=O) groups excluding carboxylic acids is 1. The molecule has 0 aliphatic carbocycles.